The van der Waals surface area contributed by atoms with Gasteiger partial charge >= 0.3 is 0 Å². The van der Waals surface area contributed by atoms with E-state index >= 15 is 0 Å². The predicted octanol–water partition coefficient (Wildman–Crippen LogP) is 3.28. The number of aryl methyl sites for hydroxylation is 1. The average molecular weight is 386 g/mol. The molecule has 0 radical (unpaired) electrons. The predicted molar refractivity (Wildman–Crippen MR) is 111 cm³/mol. The molecule has 1 heterocycles. The molecule has 1 saturated carbocycles. The SMILES string of the molecule is Cc1ccc2c(=O)n(C(C)CO)ccc2c1NC(=O)CC1(O)CCCCCC1. The number of amides is 1. The van der Waals surface area contributed by atoms with Gasteiger partial charge in [-0.15, -0.1) is 0 Å². The largest absolute Gasteiger partial charge is 0.394 e. The second-order valence-corrected chi connectivity index (χ2v) is 8.14. The number of anilines is 1. The number of aliphatic hydroxyl groups excluding tert-OH is 1. The molecule has 2 aromatic rings. The van der Waals surface area contributed by atoms with Gasteiger partial charge in [0.25, 0.3) is 5.56 Å². The van der Waals surface area contributed by atoms with E-state index in [1.165, 1.54) is 4.57 Å². The molecule has 1 aromatic carbocycles. The number of hydrogen-bond donors (Lipinski definition) is 3. The zero-order valence-corrected chi connectivity index (χ0v) is 16.7. The Bertz CT molecular complexity index is 911. The minimum Gasteiger partial charge on any atom is -0.394 e. The molecule has 0 spiro atoms. The Morgan fingerprint density at radius 2 is 1.86 bits per heavy atom. The van der Waals surface area contributed by atoms with E-state index in [0.29, 0.717) is 29.3 Å². The number of pyridine rings is 1. The van der Waals surface area contributed by atoms with E-state index in [0.717, 1.165) is 31.2 Å². The molecule has 3 rings (SSSR count). The number of hydrogen-bond acceptors (Lipinski definition) is 4. The molecule has 6 nitrogen and oxygen atoms in total. The monoisotopic (exact) mass is 386 g/mol. The standard InChI is InChI=1S/C22H30N2O4/c1-15-7-8-18-17(9-12-24(21(18)27)16(2)14-25)20(15)23-19(26)13-22(28)10-5-3-4-6-11-22/h7-9,12,16,25,28H,3-6,10-11,13-14H2,1-2H3,(H,23,26). The smallest absolute Gasteiger partial charge is 0.258 e. The van der Waals surface area contributed by atoms with E-state index in [2.05, 4.69) is 5.32 Å². The first kappa shape index (κ1) is 20.6. The maximum absolute atomic E-state index is 12.8. The van der Waals surface area contributed by atoms with Gasteiger partial charge in [-0.05, 0) is 44.4 Å². The molecule has 28 heavy (non-hydrogen) atoms. The number of fused-ring (bicyclic) bond motifs is 1. The normalized spacial score (nSPS) is 17.9. The van der Waals surface area contributed by atoms with Crippen LogP contribution in [0.3, 0.4) is 0 Å². The van der Waals surface area contributed by atoms with Crippen molar-refractivity contribution in [3.63, 3.8) is 0 Å². The summed E-state index contributed by atoms with van der Waals surface area (Å²) in [7, 11) is 0. The van der Waals surface area contributed by atoms with Crippen LogP contribution in [-0.2, 0) is 4.79 Å². The second kappa shape index (κ2) is 8.45. The molecule has 0 aliphatic heterocycles. The van der Waals surface area contributed by atoms with Crippen molar-refractivity contribution in [3.05, 3.63) is 40.3 Å². The van der Waals surface area contributed by atoms with Crippen molar-refractivity contribution in [2.24, 2.45) is 0 Å². The zero-order valence-electron chi connectivity index (χ0n) is 16.7. The lowest BCUT2D eigenvalue weighted by Gasteiger charge is -2.26. The number of nitrogens with one attached hydrogen (secondary N) is 1. The minimum atomic E-state index is -0.942. The van der Waals surface area contributed by atoms with E-state index in [1.54, 1.807) is 25.3 Å². The molecular weight excluding hydrogens is 356 g/mol. The van der Waals surface area contributed by atoms with Gasteiger partial charge in [0.2, 0.25) is 5.91 Å². The van der Waals surface area contributed by atoms with Gasteiger partial charge in [0, 0.05) is 17.0 Å². The van der Waals surface area contributed by atoms with Gasteiger partial charge in [-0.3, -0.25) is 9.59 Å². The van der Waals surface area contributed by atoms with Crippen LogP contribution < -0.4 is 10.9 Å². The van der Waals surface area contributed by atoms with Gasteiger partial charge in [0.05, 0.1) is 30.4 Å². The molecule has 152 valence electrons. The van der Waals surface area contributed by atoms with Crippen molar-refractivity contribution in [1.82, 2.24) is 4.57 Å². The average Bonchev–Trinajstić information content (AvgIpc) is 2.88. The van der Waals surface area contributed by atoms with E-state index < -0.39 is 5.60 Å². The first-order valence-corrected chi connectivity index (χ1v) is 10.1. The zero-order chi connectivity index (χ0) is 20.3. The fourth-order valence-electron chi connectivity index (χ4n) is 4.10. The van der Waals surface area contributed by atoms with Crippen LogP contribution in [0.25, 0.3) is 10.8 Å². The third-order valence-electron chi connectivity index (χ3n) is 5.85. The lowest BCUT2D eigenvalue weighted by atomic mass is 9.90. The molecule has 0 saturated heterocycles. The highest BCUT2D eigenvalue weighted by atomic mass is 16.3. The Labute approximate surface area is 165 Å². The van der Waals surface area contributed by atoms with Crippen molar-refractivity contribution in [2.75, 3.05) is 11.9 Å². The van der Waals surface area contributed by atoms with Gasteiger partial charge in [-0.2, -0.15) is 0 Å². The van der Waals surface area contributed by atoms with E-state index in [-0.39, 0.29) is 30.5 Å². The molecule has 1 fully saturated rings. The Balaban J connectivity index is 1.90. The summed E-state index contributed by atoms with van der Waals surface area (Å²) in [6.07, 6.45) is 7.12. The molecule has 3 N–H and O–H groups in total. The van der Waals surface area contributed by atoms with Crippen LogP contribution in [0.1, 0.15) is 63.5 Å². The van der Waals surface area contributed by atoms with Crippen LogP contribution >= 0.6 is 0 Å². The summed E-state index contributed by atoms with van der Waals surface area (Å²) in [5.41, 5.74) is 0.334. The third kappa shape index (κ3) is 4.28. The Hall–Kier alpha value is -2.18. The van der Waals surface area contributed by atoms with Crippen molar-refractivity contribution in [2.45, 2.75) is 70.4 Å². The summed E-state index contributed by atoms with van der Waals surface area (Å²) in [5.74, 6) is -0.229. The molecule has 1 unspecified atom stereocenters. The van der Waals surface area contributed by atoms with Crippen LogP contribution in [0.4, 0.5) is 5.69 Å². The quantitative estimate of drug-likeness (QED) is 0.688. The van der Waals surface area contributed by atoms with Crippen molar-refractivity contribution in [1.29, 1.82) is 0 Å². The lowest BCUT2D eigenvalue weighted by Crippen LogP contribution is -2.33. The number of nitrogens with zero attached hydrogens (tertiary/aromatic N) is 1. The Kier molecular flexibility index (Phi) is 6.20. The van der Waals surface area contributed by atoms with E-state index in [4.69, 9.17) is 0 Å². The first-order chi connectivity index (χ1) is 13.3. The van der Waals surface area contributed by atoms with Gasteiger partial charge in [-0.1, -0.05) is 31.7 Å². The van der Waals surface area contributed by atoms with Crippen molar-refractivity contribution in [3.8, 4) is 0 Å². The molecule has 1 aromatic heterocycles. The van der Waals surface area contributed by atoms with Crippen molar-refractivity contribution >= 4 is 22.4 Å². The summed E-state index contributed by atoms with van der Waals surface area (Å²) in [6.45, 7) is 3.54. The highest BCUT2D eigenvalue weighted by Gasteiger charge is 2.31. The maximum Gasteiger partial charge on any atom is 0.258 e. The number of aliphatic hydroxyl groups is 2. The van der Waals surface area contributed by atoms with E-state index in [1.807, 2.05) is 13.0 Å². The Morgan fingerprint density at radius 1 is 1.18 bits per heavy atom. The number of benzene rings is 1. The Morgan fingerprint density at radius 3 is 2.50 bits per heavy atom. The molecule has 0 bridgehead atoms. The highest BCUT2D eigenvalue weighted by molar-refractivity contribution is 6.03. The summed E-state index contributed by atoms with van der Waals surface area (Å²) in [6, 6.07) is 5.04. The molecule has 1 atom stereocenters. The van der Waals surface area contributed by atoms with Crippen molar-refractivity contribution < 1.29 is 15.0 Å². The molecular formula is C22H30N2O4. The second-order valence-electron chi connectivity index (χ2n) is 8.14. The first-order valence-electron chi connectivity index (χ1n) is 10.1. The number of rotatable bonds is 5. The summed E-state index contributed by atoms with van der Waals surface area (Å²) in [5, 5.41) is 24.3. The lowest BCUT2D eigenvalue weighted by molar-refractivity contribution is -0.121. The van der Waals surface area contributed by atoms with Gasteiger partial charge in [0.1, 0.15) is 0 Å². The number of aromatic nitrogens is 1. The number of carbonyl (C=O) groups excluding carboxylic acids is 1. The van der Waals surface area contributed by atoms with Gasteiger partial charge < -0.3 is 20.1 Å². The maximum atomic E-state index is 12.8. The summed E-state index contributed by atoms with van der Waals surface area (Å²) in [4.78, 5) is 25.5. The molecule has 1 aliphatic carbocycles. The minimum absolute atomic E-state index is 0.0709. The fraction of sp³-hybridized carbons (Fsp3) is 0.545. The summed E-state index contributed by atoms with van der Waals surface area (Å²) >= 11 is 0. The van der Waals surface area contributed by atoms with Gasteiger partial charge in [0.15, 0.2) is 0 Å². The number of carbonyl (C=O) groups is 1. The fourth-order valence-corrected chi connectivity index (χ4v) is 4.10. The summed E-state index contributed by atoms with van der Waals surface area (Å²) < 4.78 is 1.50. The topological polar surface area (TPSA) is 91.6 Å². The van der Waals surface area contributed by atoms with Gasteiger partial charge in [-0.25, -0.2) is 0 Å². The molecule has 1 amide bonds. The third-order valence-corrected chi connectivity index (χ3v) is 5.85. The molecule has 6 heteroatoms. The van der Waals surface area contributed by atoms with Crippen LogP contribution in [0, 0.1) is 6.92 Å². The van der Waals surface area contributed by atoms with Crippen LogP contribution in [0.15, 0.2) is 29.2 Å². The van der Waals surface area contributed by atoms with E-state index in [9.17, 15) is 19.8 Å². The van der Waals surface area contributed by atoms with Crippen LogP contribution in [0.5, 0.6) is 0 Å². The van der Waals surface area contributed by atoms with Crippen LogP contribution in [-0.4, -0.2) is 32.9 Å². The molecule has 1 aliphatic rings. The highest BCUT2D eigenvalue weighted by Crippen LogP contribution is 2.31. The van der Waals surface area contributed by atoms with Crippen LogP contribution in [0.2, 0.25) is 0 Å².